The summed E-state index contributed by atoms with van der Waals surface area (Å²) in [7, 11) is 0.680. The van der Waals surface area contributed by atoms with Gasteiger partial charge >= 0.3 is 0 Å². The number of hydrogen-bond donors (Lipinski definition) is 4. The van der Waals surface area contributed by atoms with Crippen LogP contribution in [0.15, 0.2) is 30.6 Å². The number of nitrogen functional groups attached to an aromatic ring is 1. The molecule has 0 amide bonds. The number of hydrogen-bond acceptors (Lipinski definition) is 7. The molecule has 1 aliphatic rings. The Morgan fingerprint density at radius 2 is 1.96 bits per heavy atom. The highest BCUT2D eigenvalue weighted by Crippen LogP contribution is 2.30. The lowest BCUT2D eigenvalue weighted by Gasteiger charge is -2.40. The van der Waals surface area contributed by atoms with Crippen LogP contribution in [-0.2, 0) is 0 Å². The van der Waals surface area contributed by atoms with Gasteiger partial charge in [0.1, 0.15) is 17.2 Å². The quantitative estimate of drug-likeness (QED) is 0.517. The van der Waals surface area contributed by atoms with E-state index in [1.54, 1.807) is 0 Å². The number of rotatable bonds is 7. The van der Waals surface area contributed by atoms with E-state index < -0.39 is 0 Å². The molecule has 1 saturated heterocycles. The summed E-state index contributed by atoms with van der Waals surface area (Å²) in [6, 6.07) is 8.48. The molecule has 1 aromatic carbocycles. The molecule has 1 atom stereocenters. The average Bonchev–Trinajstić information content (AvgIpc) is 2.69. The minimum absolute atomic E-state index is 0.0835. The summed E-state index contributed by atoms with van der Waals surface area (Å²) in [6.07, 6.45) is 3.70. The highest BCUT2D eigenvalue weighted by atomic mass is 35.5. The fourth-order valence-electron chi connectivity index (χ4n) is 3.58. The van der Waals surface area contributed by atoms with Crippen molar-refractivity contribution < 1.29 is 5.11 Å². The Morgan fingerprint density at radius 3 is 2.61 bits per heavy atom. The molecule has 0 unspecified atom stereocenters. The Labute approximate surface area is 171 Å². The number of halogens is 1. The smallest absolute Gasteiger partial charge is 0.223 e. The van der Waals surface area contributed by atoms with Gasteiger partial charge in [-0.2, -0.15) is 0 Å². The zero-order valence-electron chi connectivity index (χ0n) is 16.2. The first-order valence-electron chi connectivity index (χ1n) is 9.62. The zero-order chi connectivity index (χ0) is 20.1. The fraction of sp³-hybridized carbons (Fsp3) is 0.474. The minimum Gasteiger partial charge on any atom is -0.396 e. The highest BCUT2D eigenvalue weighted by Gasteiger charge is 2.33. The Hall–Kier alpha value is -1.87. The summed E-state index contributed by atoms with van der Waals surface area (Å²) in [5.74, 6) is 0.963. The predicted octanol–water partition coefficient (Wildman–Crippen LogP) is 1.34. The molecule has 9 heteroatoms. The topological polar surface area (TPSA) is 113 Å². The Balaban J connectivity index is 1.60. The van der Waals surface area contributed by atoms with E-state index in [9.17, 15) is 5.11 Å². The van der Waals surface area contributed by atoms with Gasteiger partial charge < -0.3 is 26.7 Å². The first-order valence-corrected chi connectivity index (χ1v) is 10.0. The highest BCUT2D eigenvalue weighted by molar-refractivity contribution is 6.37. The number of nitrogens with one attached hydrogen (secondary N) is 1. The summed E-state index contributed by atoms with van der Waals surface area (Å²) >= 11 is 6.26. The van der Waals surface area contributed by atoms with E-state index >= 15 is 0 Å². The van der Waals surface area contributed by atoms with Crippen LogP contribution >= 0.6 is 11.6 Å². The number of benzene rings is 1. The number of nitrogens with zero attached hydrogens (tertiary/aromatic N) is 3. The molecule has 1 aromatic heterocycles. The molecule has 28 heavy (non-hydrogen) atoms. The van der Waals surface area contributed by atoms with Crippen LogP contribution in [0.5, 0.6) is 0 Å². The monoisotopic (exact) mass is 402 g/mol. The maximum Gasteiger partial charge on any atom is 0.223 e. The second kappa shape index (κ2) is 9.09. The SMILES string of the molecule is Cc1ccc([C@H](CCO)NBC2(N)CCN(c3ncnc(N)c3Cl)CC2)cc1. The van der Waals surface area contributed by atoms with Crippen molar-refractivity contribution in [2.45, 2.75) is 37.7 Å². The molecule has 150 valence electrons. The largest absolute Gasteiger partial charge is 0.396 e. The number of anilines is 2. The molecule has 3 rings (SSSR count). The van der Waals surface area contributed by atoms with Gasteiger partial charge in [0.25, 0.3) is 0 Å². The normalized spacial score (nSPS) is 17.4. The zero-order valence-corrected chi connectivity index (χ0v) is 17.0. The third-order valence-electron chi connectivity index (χ3n) is 5.45. The maximum absolute atomic E-state index is 9.45. The van der Waals surface area contributed by atoms with Crippen molar-refractivity contribution in [1.82, 2.24) is 15.2 Å². The van der Waals surface area contributed by atoms with Gasteiger partial charge in [0.15, 0.2) is 5.82 Å². The van der Waals surface area contributed by atoms with Crippen molar-refractivity contribution in [3.8, 4) is 0 Å². The van der Waals surface area contributed by atoms with E-state index in [0.29, 0.717) is 30.5 Å². The number of aromatic nitrogens is 2. The molecule has 0 aliphatic carbocycles. The Morgan fingerprint density at radius 1 is 1.29 bits per heavy atom. The first kappa shape index (κ1) is 20.9. The lowest BCUT2D eigenvalue weighted by molar-refractivity contribution is 0.272. The van der Waals surface area contributed by atoms with Crippen LogP contribution in [-0.4, -0.2) is 47.6 Å². The first-order chi connectivity index (χ1) is 13.4. The lowest BCUT2D eigenvalue weighted by atomic mass is 9.62. The molecule has 2 heterocycles. The van der Waals surface area contributed by atoms with Gasteiger partial charge in [-0.25, -0.2) is 9.97 Å². The molecule has 7 nitrogen and oxygen atoms in total. The standard InChI is InChI=1S/C19H28BClN6O/c1-13-2-4-14(5-3-13)15(6-11-28)26-20-19(23)7-9-27(10-8-19)18-16(21)17(22)24-12-25-18/h2-5,12,15,20,26,28H,6-11,23H2,1H3,(H2,22,24,25)/t15-/m0/s1. The number of aliphatic hydroxyl groups excluding tert-OH is 1. The van der Waals surface area contributed by atoms with Crippen LogP contribution in [0, 0.1) is 6.92 Å². The van der Waals surface area contributed by atoms with Gasteiger partial charge in [-0.05, 0) is 31.7 Å². The van der Waals surface area contributed by atoms with E-state index in [0.717, 1.165) is 25.9 Å². The van der Waals surface area contributed by atoms with Crippen molar-refractivity contribution in [3.05, 3.63) is 46.7 Å². The van der Waals surface area contributed by atoms with Gasteiger partial charge in [0, 0.05) is 31.2 Å². The van der Waals surface area contributed by atoms with E-state index in [4.69, 9.17) is 23.1 Å². The van der Waals surface area contributed by atoms with Gasteiger partial charge in [-0.1, -0.05) is 41.4 Å². The van der Waals surface area contributed by atoms with Gasteiger partial charge in [-0.15, -0.1) is 0 Å². The number of aryl methyl sites for hydroxylation is 1. The molecule has 0 bridgehead atoms. The van der Waals surface area contributed by atoms with Crippen molar-refractivity contribution in [1.29, 1.82) is 0 Å². The summed E-state index contributed by atoms with van der Waals surface area (Å²) in [6.45, 7) is 3.70. The molecule has 1 fully saturated rings. The molecule has 0 spiro atoms. The summed E-state index contributed by atoms with van der Waals surface area (Å²) in [4.78, 5) is 10.3. The van der Waals surface area contributed by atoms with Crippen LogP contribution in [0.25, 0.3) is 0 Å². The summed E-state index contributed by atoms with van der Waals surface area (Å²) < 4.78 is 0. The van der Waals surface area contributed by atoms with Crippen molar-refractivity contribution >= 4 is 30.7 Å². The summed E-state index contributed by atoms with van der Waals surface area (Å²) in [5.41, 5.74) is 14.5. The van der Waals surface area contributed by atoms with Gasteiger partial charge in [-0.3, -0.25) is 0 Å². The van der Waals surface area contributed by atoms with E-state index in [1.165, 1.54) is 17.5 Å². The van der Waals surface area contributed by atoms with Crippen LogP contribution in [0.3, 0.4) is 0 Å². The van der Waals surface area contributed by atoms with Crippen molar-refractivity contribution in [2.75, 3.05) is 30.3 Å². The minimum atomic E-state index is -0.319. The molecule has 0 radical (unpaired) electrons. The van der Waals surface area contributed by atoms with E-state index in [2.05, 4.69) is 51.3 Å². The average molecular weight is 403 g/mol. The molecule has 2 aromatic rings. The van der Waals surface area contributed by atoms with E-state index in [1.807, 2.05) is 0 Å². The number of aliphatic hydroxyl groups is 1. The molecular formula is C19H28BClN6O. The van der Waals surface area contributed by atoms with E-state index in [-0.39, 0.29) is 18.1 Å². The predicted molar refractivity (Wildman–Crippen MR) is 116 cm³/mol. The van der Waals surface area contributed by atoms with Crippen molar-refractivity contribution in [3.63, 3.8) is 0 Å². The Kier molecular flexibility index (Phi) is 6.77. The maximum atomic E-state index is 9.45. The second-order valence-corrected chi connectivity index (χ2v) is 7.98. The third kappa shape index (κ3) is 4.94. The van der Waals surface area contributed by atoms with Gasteiger partial charge in [0.05, 0.1) is 0 Å². The number of nitrogens with two attached hydrogens (primary N) is 2. The second-order valence-electron chi connectivity index (χ2n) is 7.60. The molecular weight excluding hydrogens is 375 g/mol. The van der Waals surface area contributed by atoms with Crippen LogP contribution in [0.4, 0.5) is 11.6 Å². The summed E-state index contributed by atoms with van der Waals surface area (Å²) in [5, 5.41) is 13.4. The third-order valence-corrected chi connectivity index (χ3v) is 5.82. The van der Waals surface area contributed by atoms with Crippen LogP contribution < -0.4 is 21.6 Å². The molecule has 6 N–H and O–H groups in total. The molecule has 1 aliphatic heterocycles. The lowest BCUT2D eigenvalue weighted by Crippen LogP contribution is -2.58. The Bertz CT molecular complexity index is 782. The fourth-order valence-corrected chi connectivity index (χ4v) is 3.79. The van der Waals surface area contributed by atoms with Crippen molar-refractivity contribution in [2.24, 2.45) is 5.73 Å². The molecule has 0 saturated carbocycles. The van der Waals surface area contributed by atoms with Gasteiger partial charge in [0.2, 0.25) is 7.41 Å². The van der Waals surface area contributed by atoms with Crippen LogP contribution in [0.1, 0.15) is 36.4 Å². The number of piperidine rings is 1. The van der Waals surface area contributed by atoms with Crippen LogP contribution in [0.2, 0.25) is 5.02 Å².